The van der Waals surface area contributed by atoms with Gasteiger partial charge in [-0.05, 0) is 18.6 Å². The van der Waals surface area contributed by atoms with Gasteiger partial charge in [0.05, 0.1) is 24.0 Å². The van der Waals surface area contributed by atoms with Crippen LogP contribution in [0.5, 0.6) is 0 Å². The number of rotatable bonds is 7. The first-order valence-electron chi connectivity index (χ1n) is 8.60. The highest BCUT2D eigenvalue weighted by Crippen LogP contribution is 2.18. The molecule has 0 saturated carbocycles. The van der Waals surface area contributed by atoms with E-state index >= 15 is 0 Å². The lowest BCUT2D eigenvalue weighted by Gasteiger charge is -2.24. The maximum atomic E-state index is 12.6. The van der Waals surface area contributed by atoms with Crippen LogP contribution in [0, 0.1) is 0 Å². The van der Waals surface area contributed by atoms with Crippen molar-refractivity contribution in [1.29, 1.82) is 0 Å². The summed E-state index contributed by atoms with van der Waals surface area (Å²) in [6.07, 6.45) is -0.559. The monoisotopic (exact) mass is 396 g/mol. The summed E-state index contributed by atoms with van der Waals surface area (Å²) < 4.78 is 17.1. The van der Waals surface area contributed by atoms with Crippen LogP contribution in [-0.2, 0) is 29.9 Å². The molecule has 1 aromatic rings. The zero-order valence-electron chi connectivity index (χ0n) is 15.3. The van der Waals surface area contributed by atoms with Crippen LogP contribution < -0.4 is 5.32 Å². The average Bonchev–Trinajstić information content (AvgIpc) is 3.07. The van der Waals surface area contributed by atoms with Crippen molar-refractivity contribution in [2.75, 3.05) is 19.4 Å². The quantitative estimate of drug-likeness (QED) is 0.619. The molecule has 1 aliphatic heterocycles. The number of hydrogen-bond acceptors (Lipinski definition) is 6. The van der Waals surface area contributed by atoms with Crippen molar-refractivity contribution in [3.63, 3.8) is 0 Å². The number of methoxy groups -OCH3 is 1. The van der Waals surface area contributed by atoms with Gasteiger partial charge in [0.1, 0.15) is 12.1 Å². The van der Waals surface area contributed by atoms with Gasteiger partial charge in [0, 0.05) is 30.5 Å². The Morgan fingerprint density at radius 1 is 1.33 bits per heavy atom. The molecule has 2 N–H and O–H groups in total. The molecule has 1 saturated heterocycles. The Morgan fingerprint density at radius 2 is 2.00 bits per heavy atom. The summed E-state index contributed by atoms with van der Waals surface area (Å²) >= 11 is 0. The molecule has 2 rings (SSSR count). The van der Waals surface area contributed by atoms with E-state index in [-0.39, 0.29) is 31.0 Å². The number of esters is 1. The molecule has 9 heteroatoms. The van der Waals surface area contributed by atoms with Crippen LogP contribution in [0.25, 0.3) is 0 Å². The molecule has 0 radical (unpaired) electrons. The minimum Gasteiger partial charge on any atom is -0.467 e. The van der Waals surface area contributed by atoms with Crippen molar-refractivity contribution in [2.24, 2.45) is 0 Å². The Balaban J connectivity index is 2.01. The molecule has 2 amide bonds. The van der Waals surface area contributed by atoms with Crippen LogP contribution in [0.3, 0.4) is 0 Å². The third-order valence-corrected chi connectivity index (χ3v) is 5.79. The Morgan fingerprint density at radius 3 is 2.59 bits per heavy atom. The molecular weight excluding hydrogens is 372 g/mol. The molecule has 0 spiro atoms. The Bertz CT molecular complexity index is 711. The van der Waals surface area contributed by atoms with Gasteiger partial charge in [0.25, 0.3) is 0 Å². The first-order valence-corrected chi connectivity index (χ1v) is 9.92. The van der Waals surface area contributed by atoms with Crippen LogP contribution in [0.2, 0.25) is 0 Å². The molecule has 0 aliphatic carbocycles. The summed E-state index contributed by atoms with van der Waals surface area (Å²) in [5, 5.41) is 12.3. The Kier molecular flexibility index (Phi) is 7.49. The van der Waals surface area contributed by atoms with E-state index in [0.717, 1.165) is 0 Å². The fourth-order valence-electron chi connectivity index (χ4n) is 2.98. The highest BCUT2D eigenvalue weighted by molar-refractivity contribution is 7.85. The van der Waals surface area contributed by atoms with Crippen LogP contribution in [0.15, 0.2) is 35.2 Å². The molecule has 27 heavy (non-hydrogen) atoms. The maximum Gasteiger partial charge on any atom is 0.328 e. The summed E-state index contributed by atoms with van der Waals surface area (Å²) in [6.45, 7) is 1.40. The second-order valence-corrected chi connectivity index (χ2v) is 7.88. The molecule has 8 nitrogen and oxygen atoms in total. The summed E-state index contributed by atoms with van der Waals surface area (Å²) in [5.41, 5.74) is 0. The number of ether oxygens (including phenoxy) is 1. The third-order valence-electron chi connectivity index (χ3n) is 4.39. The molecule has 1 aromatic carbocycles. The summed E-state index contributed by atoms with van der Waals surface area (Å²) in [6, 6.07) is 6.99. The second-order valence-electron chi connectivity index (χ2n) is 6.31. The van der Waals surface area contributed by atoms with Gasteiger partial charge >= 0.3 is 5.97 Å². The molecule has 0 bridgehead atoms. The summed E-state index contributed by atoms with van der Waals surface area (Å²) in [5.74, 6) is -1.36. The lowest BCUT2D eigenvalue weighted by atomic mass is 10.1. The van der Waals surface area contributed by atoms with E-state index in [1.165, 1.54) is 18.9 Å². The zero-order chi connectivity index (χ0) is 20.0. The minimum atomic E-state index is -1.32. The van der Waals surface area contributed by atoms with Crippen LogP contribution >= 0.6 is 0 Å². The number of likely N-dealkylation sites (tertiary alicyclic amines) is 1. The normalized spacial score (nSPS) is 21.4. The fourth-order valence-corrected chi connectivity index (χ4v) is 4.13. The van der Waals surface area contributed by atoms with E-state index in [1.54, 1.807) is 24.3 Å². The predicted octanol–water partition coefficient (Wildman–Crippen LogP) is -0.176. The SMILES string of the molecule is COC(=O)[C@H](CC[S@](=O)c1ccccc1)NC(=O)[C@@H]1C[C@@H](O)CN1C(C)=O. The standard InChI is InChI=1S/C18H24N2O6S/c1-12(21)20-11-13(22)10-16(20)17(23)19-15(18(24)26-2)8-9-27(25)14-6-4-3-5-7-14/h3-7,13,15-16,22H,8-11H2,1-2H3,(H,19,23)/t13-,15+,16+,27+/m1/s1. The highest BCUT2D eigenvalue weighted by atomic mass is 32.2. The number of β-amino-alcohol motifs (C(OH)–C–C–N with tert-alkyl or cyclic N) is 1. The topological polar surface area (TPSA) is 113 Å². The highest BCUT2D eigenvalue weighted by Gasteiger charge is 2.38. The van der Waals surface area contributed by atoms with Crippen LogP contribution in [0.4, 0.5) is 0 Å². The van der Waals surface area contributed by atoms with E-state index in [0.29, 0.717) is 4.90 Å². The van der Waals surface area contributed by atoms with E-state index in [9.17, 15) is 23.7 Å². The van der Waals surface area contributed by atoms with Gasteiger partial charge < -0.3 is 20.1 Å². The van der Waals surface area contributed by atoms with Crippen molar-refractivity contribution < 1.29 is 28.4 Å². The molecule has 0 aromatic heterocycles. The second kappa shape index (κ2) is 9.61. The summed E-state index contributed by atoms with van der Waals surface area (Å²) in [4.78, 5) is 38.1. The van der Waals surface area contributed by atoms with Crippen LogP contribution in [0.1, 0.15) is 19.8 Å². The number of aliphatic hydroxyl groups is 1. The van der Waals surface area contributed by atoms with Gasteiger partial charge in [0.15, 0.2) is 0 Å². The van der Waals surface area contributed by atoms with Gasteiger partial charge in [0.2, 0.25) is 11.8 Å². The smallest absolute Gasteiger partial charge is 0.328 e. The third kappa shape index (κ3) is 5.61. The molecule has 148 valence electrons. The molecule has 0 unspecified atom stereocenters. The first-order chi connectivity index (χ1) is 12.8. The number of carbonyl (C=O) groups is 3. The van der Waals surface area contributed by atoms with Crippen molar-refractivity contribution in [1.82, 2.24) is 10.2 Å². The number of nitrogens with zero attached hydrogens (tertiary/aromatic N) is 1. The molecule has 1 heterocycles. The van der Waals surface area contributed by atoms with Gasteiger partial charge in [-0.1, -0.05) is 18.2 Å². The maximum absolute atomic E-state index is 12.6. The van der Waals surface area contributed by atoms with E-state index in [4.69, 9.17) is 4.74 Å². The summed E-state index contributed by atoms with van der Waals surface area (Å²) in [7, 11) is -0.118. The van der Waals surface area contributed by atoms with Crippen molar-refractivity contribution in [3.05, 3.63) is 30.3 Å². The van der Waals surface area contributed by atoms with Crippen molar-refractivity contribution in [2.45, 2.75) is 42.8 Å². The number of aliphatic hydroxyl groups excluding tert-OH is 1. The molecular formula is C18H24N2O6S. The van der Waals surface area contributed by atoms with Gasteiger partial charge in [-0.25, -0.2) is 4.79 Å². The average molecular weight is 396 g/mol. The number of carbonyl (C=O) groups excluding carboxylic acids is 3. The van der Waals surface area contributed by atoms with E-state index in [2.05, 4.69) is 5.32 Å². The molecule has 1 fully saturated rings. The van der Waals surface area contributed by atoms with Crippen molar-refractivity contribution in [3.8, 4) is 0 Å². The van der Waals surface area contributed by atoms with E-state index in [1.807, 2.05) is 6.07 Å². The minimum absolute atomic E-state index is 0.0777. The Labute approximate surface area is 160 Å². The Hall–Kier alpha value is -2.26. The number of nitrogens with one attached hydrogen (secondary N) is 1. The zero-order valence-corrected chi connectivity index (χ0v) is 16.1. The lowest BCUT2D eigenvalue weighted by molar-refractivity contribution is -0.146. The van der Waals surface area contributed by atoms with Crippen molar-refractivity contribution >= 4 is 28.6 Å². The molecule has 4 atom stereocenters. The van der Waals surface area contributed by atoms with Gasteiger partial charge in [-0.3, -0.25) is 13.8 Å². The predicted molar refractivity (Wildman–Crippen MR) is 98.1 cm³/mol. The lowest BCUT2D eigenvalue weighted by Crippen LogP contribution is -2.51. The van der Waals surface area contributed by atoms with Gasteiger partial charge in [-0.15, -0.1) is 0 Å². The van der Waals surface area contributed by atoms with Gasteiger partial charge in [-0.2, -0.15) is 0 Å². The first kappa shape index (κ1) is 21.0. The van der Waals surface area contributed by atoms with Crippen LogP contribution in [-0.4, -0.2) is 69.6 Å². The number of benzene rings is 1. The largest absolute Gasteiger partial charge is 0.467 e. The number of amides is 2. The molecule has 1 aliphatic rings. The fraction of sp³-hybridized carbons (Fsp3) is 0.500. The van der Waals surface area contributed by atoms with E-state index < -0.39 is 40.9 Å². The number of hydrogen-bond donors (Lipinski definition) is 2.